The van der Waals surface area contributed by atoms with Crippen LogP contribution in [-0.2, 0) is 6.42 Å². The molecule has 1 heterocycles. The molecule has 3 rings (SSSR count). The molecule has 0 bridgehead atoms. The monoisotopic (exact) mass is 258 g/mol. The Labute approximate surface area is 117 Å². The first-order valence-electron chi connectivity index (χ1n) is 7.90. The molecule has 0 amide bonds. The Morgan fingerprint density at radius 1 is 1.16 bits per heavy atom. The maximum atomic E-state index is 3.72. The molecule has 1 N–H and O–H groups in total. The third-order valence-electron chi connectivity index (χ3n) is 4.44. The summed E-state index contributed by atoms with van der Waals surface area (Å²) < 4.78 is 0. The lowest BCUT2D eigenvalue weighted by atomic mass is 10.1. The summed E-state index contributed by atoms with van der Waals surface area (Å²) in [4.78, 5) is 2.69. The second kappa shape index (κ2) is 6.53. The van der Waals surface area contributed by atoms with Crippen LogP contribution in [-0.4, -0.2) is 37.1 Å². The van der Waals surface area contributed by atoms with Crippen molar-refractivity contribution in [2.24, 2.45) is 5.92 Å². The first-order chi connectivity index (χ1) is 9.40. The Hall–Kier alpha value is -0.860. The van der Waals surface area contributed by atoms with Crippen molar-refractivity contribution in [1.29, 1.82) is 0 Å². The van der Waals surface area contributed by atoms with Crippen LogP contribution in [0.2, 0.25) is 0 Å². The zero-order chi connectivity index (χ0) is 12.9. The average Bonchev–Trinajstić information content (AvgIpc) is 3.25. The lowest BCUT2D eigenvalue weighted by Crippen LogP contribution is -2.39. The predicted molar refractivity (Wildman–Crippen MR) is 80.3 cm³/mol. The van der Waals surface area contributed by atoms with Gasteiger partial charge in [0.2, 0.25) is 0 Å². The average molecular weight is 258 g/mol. The fourth-order valence-corrected chi connectivity index (χ4v) is 3.09. The Kier molecular flexibility index (Phi) is 4.52. The molecule has 2 heteroatoms. The molecule has 104 valence electrons. The van der Waals surface area contributed by atoms with Gasteiger partial charge in [-0.25, -0.2) is 0 Å². The predicted octanol–water partition coefficient (Wildman–Crippen LogP) is 2.69. The van der Waals surface area contributed by atoms with Gasteiger partial charge in [0.25, 0.3) is 0 Å². The van der Waals surface area contributed by atoms with Gasteiger partial charge in [-0.1, -0.05) is 43.2 Å². The minimum absolute atomic E-state index is 0.629. The van der Waals surface area contributed by atoms with Crippen molar-refractivity contribution in [3.05, 3.63) is 35.9 Å². The van der Waals surface area contributed by atoms with Crippen LogP contribution in [0.1, 0.15) is 31.2 Å². The Morgan fingerprint density at radius 3 is 2.79 bits per heavy atom. The molecule has 2 aliphatic rings. The van der Waals surface area contributed by atoms with E-state index in [2.05, 4.69) is 40.5 Å². The van der Waals surface area contributed by atoms with Gasteiger partial charge in [-0.15, -0.1) is 0 Å². The maximum Gasteiger partial charge on any atom is 0.0235 e. The summed E-state index contributed by atoms with van der Waals surface area (Å²) in [5.41, 5.74) is 1.46. The molecule has 2 fully saturated rings. The van der Waals surface area contributed by atoms with Gasteiger partial charge in [0.15, 0.2) is 0 Å². The van der Waals surface area contributed by atoms with Crippen LogP contribution in [0.3, 0.4) is 0 Å². The highest BCUT2D eigenvalue weighted by molar-refractivity contribution is 5.16. The van der Waals surface area contributed by atoms with Gasteiger partial charge in [-0.05, 0) is 50.4 Å². The molecule has 1 aliphatic heterocycles. The van der Waals surface area contributed by atoms with E-state index in [-0.39, 0.29) is 0 Å². The van der Waals surface area contributed by atoms with Crippen LogP contribution in [0.5, 0.6) is 0 Å². The molecular weight excluding hydrogens is 232 g/mol. The third-order valence-corrected chi connectivity index (χ3v) is 4.44. The molecule has 1 aromatic rings. The van der Waals surface area contributed by atoms with E-state index < -0.39 is 0 Å². The molecule has 0 aromatic heterocycles. The summed E-state index contributed by atoms with van der Waals surface area (Å²) in [6.07, 6.45) is 6.87. The van der Waals surface area contributed by atoms with Gasteiger partial charge >= 0.3 is 0 Å². The van der Waals surface area contributed by atoms with E-state index in [4.69, 9.17) is 0 Å². The Balaban J connectivity index is 1.51. The summed E-state index contributed by atoms with van der Waals surface area (Å²) >= 11 is 0. The van der Waals surface area contributed by atoms with Crippen molar-refractivity contribution < 1.29 is 0 Å². The van der Waals surface area contributed by atoms with Crippen molar-refractivity contribution in [3.8, 4) is 0 Å². The number of nitrogens with one attached hydrogen (secondary N) is 1. The van der Waals surface area contributed by atoms with Crippen LogP contribution in [0, 0.1) is 5.92 Å². The van der Waals surface area contributed by atoms with E-state index in [1.165, 1.54) is 63.8 Å². The fraction of sp³-hybridized carbons (Fsp3) is 0.647. The van der Waals surface area contributed by atoms with E-state index >= 15 is 0 Å². The van der Waals surface area contributed by atoms with Gasteiger partial charge in [0.1, 0.15) is 0 Å². The highest BCUT2D eigenvalue weighted by Gasteiger charge is 2.23. The highest BCUT2D eigenvalue weighted by atomic mass is 15.2. The molecule has 1 unspecified atom stereocenters. The standard InChI is InChI=1S/C17H26N2/c1-2-5-16(6-3-1)13-17-14-19(11-4-10-18-17)12-9-15-7-8-15/h1-3,5-6,15,17-18H,4,7-14H2. The largest absolute Gasteiger partial charge is 0.312 e. The number of nitrogens with zero attached hydrogens (tertiary/aromatic N) is 1. The van der Waals surface area contributed by atoms with Gasteiger partial charge in [0.05, 0.1) is 0 Å². The topological polar surface area (TPSA) is 15.3 Å². The summed E-state index contributed by atoms with van der Waals surface area (Å²) in [7, 11) is 0. The van der Waals surface area contributed by atoms with E-state index in [1.807, 2.05) is 0 Å². The first kappa shape index (κ1) is 13.1. The second-order valence-corrected chi connectivity index (χ2v) is 6.23. The van der Waals surface area contributed by atoms with E-state index in [9.17, 15) is 0 Å². The normalized spacial score (nSPS) is 25.2. The molecule has 1 aromatic carbocycles. The Morgan fingerprint density at radius 2 is 2.00 bits per heavy atom. The van der Waals surface area contributed by atoms with Gasteiger partial charge in [-0.3, -0.25) is 0 Å². The van der Waals surface area contributed by atoms with Crippen molar-refractivity contribution >= 4 is 0 Å². The third kappa shape index (κ3) is 4.32. The molecule has 2 nitrogen and oxygen atoms in total. The van der Waals surface area contributed by atoms with E-state index in [0.717, 1.165) is 5.92 Å². The van der Waals surface area contributed by atoms with Gasteiger partial charge in [-0.2, -0.15) is 0 Å². The van der Waals surface area contributed by atoms with Crippen LogP contribution >= 0.6 is 0 Å². The lowest BCUT2D eigenvalue weighted by Gasteiger charge is -2.24. The molecular formula is C17H26N2. The van der Waals surface area contributed by atoms with Crippen LogP contribution in [0.15, 0.2) is 30.3 Å². The van der Waals surface area contributed by atoms with Crippen LogP contribution in [0.4, 0.5) is 0 Å². The second-order valence-electron chi connectivity index (χ2n) is 6.23. The highest BCUT2D eigenvalue weighted by Crippen LogP contribution is 2.32. The summed E-state index contributed by atoms with van der Waals surface area (Å²) in [5, 5.41) is 3.72. The molecule has 0 radical (unpaired) electrons. The fourth-order valence-electron chi connectivity index (χ4n) is 3.09. The van der Waals surface area contributed by atoms with E-state index in [0.29, 0.717) is 6.04 Å². The van der Waals surface area contributed by atoms with Crippen LogP contribution < -0.4 is 5.32 Å². The van der Waals surface area contributed by atoms with E-state index in [1.54, 1.807) is 0 Å². The van der Waals surface area contributed by atoms with Gasteiger partial charge < -0.3 is 10.2 Å². The SMILES string of the molecule is c1ccc(CC2CN(CCC3CC3)CCCN2)cc1. The Bertz CT molecular complexity index is 372. The number of rotatable bonds is 5. The zero-order valence-electron chi connectivity index (χ0n) is 11.9. The van der Waals surface area contributed by atoms with Crippen molar-refractivity contribution in [2.45, 2.75) is 38.1 Å². The summed E-state index contributed by atoms with van der Waals surface area (Å²) in [5.74, 6) is 1.06. The molecule has 1 saturated carbocycles. The molecule has 19 heavy (non-hydrogen) atoms. The first-order valence-corrected chi connectivity index (χ1v) is 7.90. The maximum absolute atomic E-state index is 3.72. The van der Waals surface area contributed by atoms with Gasteiger partial charge in [0, 0.05) is 12.6 Å². The van der Waals surface area contributed by atoms with Crippen molar-refractivity contribution in [1.82, 2.24) is 10.2 Å². The minimum Gasteiger partial charge on any atom is -0.312 e. The quantitative estimate of drug-likeness (QED) is 0.873. The molecule has 1 aliphatic carbocycles. The lowest BCUT2D eigenvalue weighted by molar-refractivity contribution is 0.259. The number of hydrogen-bond acceptors (Lipinski definition) is 2. The smallest absolute Gasteiger partial charge is 0.0235 e. The zero-order valence-corrected chi connectivity index (χ0v) is 11.9. The van der Waals surface area contributed by atoms with Crippen molar-refractivity contribution in [3.63, 3.8) is 0 Å². The molecule has 0 spiro atoms. The molecule has 1 atom stereocenters. The summed E-state index contributed by atoms with van der Waals surface area (Å²) in [6.45, 7) is 5.00. The number of hydrogen-bond donors (Lipinski definition) is 1. The van der Waals surface area contributed by atoms with Crippen LogP contribution in [0.25, 0.3) is 0 Å². The number of benzene rings is 1. The van der Waals surface area contributed by atoms with Crippen molar-refractivity contribution in [2.75, 3.05) is 26.2 Å². The summed E-state index contributed by atoms with van der Waals surface area (Å²) in [6, 6.07) is 11.5. The minimum atomic E-state index is 0.629. The molecule has 1 saturated heterocycles.